The Balaban J connectivity index is 2.21. The van der Waals surface area contributed by atoms with Gasteiger partial charge in [0.1, 0.15) is 5.78 Å². The van der Waals surface area contributed by atoms with Gasteiger partial charge >= 0.3 is 5.97 Å². The molecule has 0 fully saturated rings. The minimum atomic E-state index is -1.25. The largest absolute Gasteiger partial charge is 0.479 e. The Morgan fingerprint density at radius 2 is 1.81 bits per heavy atom. The molecule has 0 saturated heterocycles. The second-order valence-corrected chi connectivity index (χ2v) is 7.99. The van der Waals surface area contributed by atoms with Gasteiger partial charge in [0.2, 0.25) is 0 Å². The van der Waals surface area contributed by atoms with E-state index in [1.165, 1.54) is 44.1 Å². The van der Waals surface area contributed by atoms with Crippen molar-refractivity contribution in [1.29, 1.82) is 0 Å². The zero-order valence-corrected chi connectivity index (χ0v) is 16.7. The number of hydrogen-bond acceptors (Lipinski definition) is 3. The van der Waals surface area contributed by atoms with Crippen LogP contribution in [0.2, 0.25) is 0 Å². The standard InChI is InChI=1S/C22H38O4/c1-3-4-6-10-17(2)11-9-12-18-15-16-20(23)19(18)13-7-5-8-14-21(24)22(25)26/h15,17,19,21,24H,3-14,16H2,1-2H3,(H,25,26)/t17?,19-,21?/m1/s1. The van der Waals surface area contributed by atoms with E-state index in [0.717, 1.165) is 31.6 Å². The van der Waals surface area contributed by atoms with Crippen LogP contribution in [0.5, 0.6) is 0 Å². The number of carboxylic acid groups (broad SMARTS) is 1. The summed E-state index contributed by atoms with van der Waals surface area (Å²) >= 11 is 0. The van der Waals surface area contributed by atoms with E-state index >= 15 is 0 Å². The van der Waals surface area contributed by atoms with Crippen LogP contribution in [0.3, 0.4) is 0 Å². The smallest absolute Gasteiger partial charge is 0.332 e. The van der Waals surface area contributed by atoms with Gasteiger partial charge in [0, 0.05) is 12.3 Å². The number of aliphatic carboxylic acids is 1. The highest BCUT2D eigenvalue weighted by Crippen LogP contribution is 2.32. The molecule has 26 heavy (non-hydrogen) atoms. The number of carboxylic acids is 1. The maximum atomic E-state index is 12.1. The molecule has 3 atom stereocenters. The maximum Gasteiger partial charge on any atom is 0.332 e. The summed E-state index contributed by atoms with van der Waals surface area (Å²) in [6.45, 7) is 4.58. The van der Waals surface area contributed by atoms with Crippen LogP contribution in [0.1, 0.15) is 97.3 Å². The summed E-state index contributed by atoms with van der Waals surface area (Å²) in [7, 11) is 0. The first-order valence-electron chi connectivity index (χ1n) is 10.6. The fraction of sp³-hybridized carbons (Fsp3) is 0.818. The summed E-state index contributed by atoms with van der Waals surface area (Å²) in [6.07, 6.45) is 13.9. The SMILES string of the molecule is CCCCCC(C)CCCC1=CCC(=O)[C@@H]1CCCCCC(O)C(=O)O. The van der Waals surface area contributed by atoms with Gasteiger partial charge in [-0.2, -0.15) is 0 Å². The van der Waals surface area contributed by atoms with E-state index in [1.54, 1.807) is 0 Å². The third-order valence-corrected chi connectivity index (χ3v) is 5.62. The number of allylic oxidation sites excluding steroid dienone is 2. The van der Waals surface area contributed by atoms with Gasteiger partial charge in [-0.15, -0.1) is 0 Å². The lowest BCUT2D eigenvalue weighted by Crippen LogP contribution is -2.19. The average Bonchev–Trinajstić information content (AvgIpc) is 2.94. The Labute approximate surface area is 159 Å². The van der Waals surface area contributed by atoms with Crippen LogP contribution < -0.4 is 0 Å². The van der Waals surface area contributed by atoms with Crippen molar-refractivity contribution < 1.29 is 19.8 Å². The molecule has 0 aromatic rings. The van der Waals surface area contributed by atoms with E-state index in [4.69, 9.17) is 5.11 Å². The first-order valence-corrected chi connectivity index (χ1v) is 10.6. The zero-order chi connectivity index (χ0) is 19.4. The summed E-state index contributed by atoms with van der Waals surface area (Å²) in [4.78, 5) is 22.7. The lowest BCUT2D eigenvalue weighted by molar-refractivity contribution is -0.146. The fourth-order valence-electron chi connectivity index (χ4n) is 3.87. The van der Waals surface area contributed by atoms with E-state index in [1.807, 2.05) is 0 Å². The number of aliphatic hydroxyl groups excluding tert-OH is 1. The van der Waals surface area contributed by atoms with Gasteiger partial charge in [-0.1, -0.05) is 76.9 Å². The average molecular weight is 367 g/mol. The van der Waals surface area contributed by atoms with Crippen LogP contribution in [-0.2, 0) is 9.59 Å². The monoisotopic (exact) mass is 366 g/mol. The minimum Gasteiger partial charge on any atom is -0.479 e. The van der Waals surface area contributed by atoms with Gasteiger partial charge in [0.05, 0.1) is 0 Å². The molecule has 0 aliphatic heterocycles. The summed E-state index contributed by atoms with van der Waals surface area (Å²) in [6, 6.07) is 0. The third-order valence-electron chi connectivity index (χ3n) is 5.62. The molecule has 1 rings (SSSR count). The fourth-order valence-corrected chi connectivity index (χ4v) is 3.87. The Hall–Kier alpha value is -1.16. The van der Waals surface area contributed by atoms with Crippen molar-refractivity contribution in [2.24, 2.45) is 11.8 Å². The minimum absolute atomic E-state index is 0.0924. The van der Waals surface area contributed by atoms with E-state index in [2.05, 4.69) is 19.9 Å². The van der Waals surface area contributed by atoms with E-state index in [9.17, 15) is 14.7 Å². The molecule has 2 N–H and O–H groups in total. The van der Waals surface area contributed by atoms with Crippen LogP contribution in [0.15, 0.2) is 11.6 Å². The first kappa shape index (κ1) is 22.9. The lowest BCUT2D eigenvalue weighted by atomic mass is 9.89. The van der Waals surface area contributed by atoms with Gasteiger partial charge in [0.25, 0.3) is 0 Å². The molecular weight excluding hydrogens is 328 g/mol. The topological polar surface area (TPSA) is 74.6 Å². The van der Waals surface area contributed by atoms with Gasteiger partial charge in [-0.05, 0) is 31.6 Å². The number of ketones is 1. The quantitative estimate of drug-likeness (QED) is 0.305. The summed E-state index contributed by atoms with van der Waals surface area (Å²) in [5, 5.41) is 17.9. The van der Waals surface area contributed by atoms with Crippen LogP contribution >= 0.6 is 0 Å². The third kappa shape index (κ3) is 8.98. The first-order chi connectivity index (χ1) is 12.5. The molecule has 4 heteroatoms. The van der Waals surface area contributed by atoms with Crippen molar-refractivity contribution in [1.82, 2.24) is 0 Å². The van der Waals surface area contributed by atoms with E-state index in [0.29, 0.717) is 25.0 Å². The highest BCUT2D eigenvalue weighted by molar-refractivity contribution is 5.88. The molecule has 0 aromatic heterocycles. The Bertz CT molecular complexity index is 455. The second kappa shape index (κ2) is 13.1. The Morgan fingerprint density at radius 1 is 1.12 bits per heavy atom. The van der Waals surface area contributed by atoms with Gasteiger partial charge < -0.3 is 10.2 Å². The normalized spacial score (nSPS) is 19.4. The van der Waals surface area contributed by atoms with E-state index < -0.39 is 12.1 Å². The molecule has 0 radical (unpaired) electrons. The lowest BCUT2D eigenvalue weighted by Gasteiger charge is -2.16. The molecule has 0 amide bonds. The molecule has 0 heterocycles. The summed E-state index contributed by atoms with van der Waals surface area (Å²) < 4.78 is 0. The molecule has 4 nitrogen and oxygen atoms in total. The van der Waals surface area contributed by atoms with Crippen molar-refractivity contribution in [3.05, 3.63) is 11.6 Å². The molecule has 1 aliphatic rings. The molecule has 0 aromatic carbocycles. The highest BCUT2D eigenvalue weighted by Gasteiger charge is 2.26. The van der Waals surface area contributed by atoms with Gasteiger partial charge in [-0.25, -0.2) is 4.79 Å². The molecular formula is C22H38O4. The number of aliphatic hydroxyl groups is 1. The number of unbranched alkanes of at least 4 members (excludes halogenated alkanes) is 4. The van der Waals surface area contributed by atoms with Gasteiger partial charge in [-0.3, -0.25) is 4.79 Å². The number of rotatable bonds is 15. The Kier molecular flexibility index (Phi) is 11.5. The predicted octanol–water partition coefficient (Wildman–Crippen LogP) is 5.28. The van der Waals surface area contributed by atoms with Crippen LogP contribution in [-0.4, -0.2) is 28.1 Å². The second-order valence-electron chi connectivity index (χ2n) is 7.99. The molecule has 150 valence electrons. The molecule has 0 spiro atoms. The summed E-state index contributed by atoms with van der Waals surface area (Å²) in [5.74, 6) is 0.0693. The van der Waals surface area contributed by atoms with Crippen molar-refractivity contribution in [3.8, 4) is 0 Å². The van der Waals surface area contributed by atoms with Gasteiger partial charge in [0.15, 0.2) is 6.10 Å². The van der Waals surface area contributed by atoms with Crippen molar-refractivity contribution in [3.63, 3.8) is 0 Å². The van der Waals surface area contributed by atoms with E-state index in [-0.39, 0.29) is 5.92 Å². The zero-order valence-electron chi connectivity index (χ0n) is 16.7. The number of carbonyl (C=O) groups is 2. The summed E-state index contributed by atoms with van der Waals surface area (Å²) in [5.41, 5.74) is 1.33. The number of hydrogen-bond donors (Lipinski definition) is 2. The van der Waals surface area contributed by atoms with Crippen LogP contribution in [0.4, 0.5) is 0 Å². The molecule has 1 aliphatic carbocycles. The Morgan fingerprint density at radius 3 is 2.50 bits per heavy atom. The van der Waals surface area contributed by atoms with Crippen LogP contribution in [0, 0.1) is 11.8 Å². The van der Waals surface area contributed by atoms with Crippen molar-refractivity contribution >= 4 is 11.8 Å². The van der Waals surface area contributed by atoms with Crippen molar-refractivity contribution in [2.75, 3.05) is 0 Å². The maximum absolute atomic E-state index is 12.1. The predicted molar refractivity (Wildman–Crippen MR) is 105 cm³/mol. The van der Waals surface area contributed by atoms with Crippen LogP contribution in [0.25, 0.3) is 0 Å². The number of Topliss-reactive ketones (excluding diaryl/α,β-unsaturated/α-hetero) is 1. The molecule has 2 unspecified atom stereocenters. The molecule has 0 bridgehead atoms. The van der Waals surface area contributed by atoms with Crippen molar-refractivity contribution in [2.45, 2.75) is 103 Å². The number of carbonyl (C=O) groups excluding carboxylic acids is 1. The molecule has 0 saturated carbocycles. The highest BCUT2D eigenvalue weighted by atomic mass is 16.4.